The Kier molecular flexibility index (Phi) is 5.04. The maximum atomic E-state index is 11.6. The van der Waals surface area contributed by atoms with Gasteiger partial charge in [0.05, 0.1) is 0 Å². The van der Waals surface area contributed by atoms with E-state index in [0.29, 0.717) is 18.5 Å². The lowest BCUT2D eigenvalue weighted by molar-refractivity contribution is -0.132. The molecular formula is C18H28N2O. The van der Waals surface area contributed by atoms with Gasteiger partial charge >= 0.3 is 0 Å². The van der Waals surface area contributed by atoms with Crippen molar-refractivity contribution in [2.75, 3.05) is 13.6 Å². The molecule has 3 nitrogen and oxygen atoms in total. The van der Waals surface area contributed by atoms with Crippen molar-refractivity contribution in [3.05, 3.63) is 35.9 Å². The summed E-state index contributed by atoms with van der Waals surface area (Å²) in [5, 5.41) is 3.79. The predicted octanol–water partition coefficient (Wildman–Crippen LogP) is 3.37. The zero-order chi connectivity index (χ0) is 15.5. The number of nitrogens with one attached hydrogen (secondary N) is 1. The minimum atomic E-state index is 0.264. The number of hydrogen-bond donors (Lipinski definition) is 1. The van der Waals surface area contributed by atoms with Gasteiger partial charge in [-0.3, -0.25) is 4.79 Å². The number of carbonyl (C=O) groups excluding carboxylic acids is 1. The van der Waals surface area contributed by atoms with Crippen LogP contribution in [0.25, 0.3) is 0 Å². The zero-order valence-corrected chi connectivity index (χ0v) is 13.7. The molecule has 0 aromatic heterocycles. The van der Waals surface area contributed by atoms with Gasteiger partial charge in [-0.05, 0) is 23.8 Å². The molecular weight excluding hydrogens is 260 g/mol. The molecule has 0 saturated carbocycles. The van der Waals surface area contributed by atoms with Crippen LogP contribution in [0, 0.1) is 5.41 Å². The van der Waals surface area contributed by atoms with Crippen LogP contribution >= 0.6 is 0 Å². The van der Waals surface area contributed by atoms with E-state index >= 15 is 0 Å². The number of nitrogens with zero attached hydrogens (tertiary/aromatic N) is 1. The molecule has 0 spiro atoms. The fourth-order valence-corrected chi connectivity index (χ4v) is 3.00. The van der Waals surface area contributed by atoms with Crippen molar-refractivity contribution in [2.24, 2.45) is 5.41 Å². The van der Waals surface area contributed by atoms with Crippen molar-refractivity contribution < 1.29 is 4.79 Å². The highest BCUT2D eigenvalue weighted by Gasteiger charge is 2.27. The van der Waals surface area contributed by atoms with Crippen LogP contribution in [0.4, 0.5) is 0 Å². The smallest absolute Gasteiger partial charge is 0.222 e. The Bertz CT molecular complexity index is 464. The number of hydrogen-bond acceptors (Lipinski definition) is 2. The Balaban J connectivity index is 2.08. The molecule has 1 fully saturated rings. The summed E-state index contributed by atoms with van der Waals surface area (Å²) in [6, 6.07) is 11.4. The SMILES string of the molecule is CN1CC(NC(CC(C)(C)C)c2ccccc2)CCC1=O. The van der Waals surface area contributed by atoms with E-state index in [2.05, 4.69) is 56.4 Å². The van der Waals surface area contributed by atoms with E-state index in [1.54, 1.807) is 0 Å². The average molecular weight is 288 g/mol. The molecule has 1 heterocycles. The minimum absolute atomic E-state index is 0.264. The van der Waals surface area contributed by atoms with Crippen molar-refractivity contribution in [3.63, 3.8) is 0 Å². The van der Waals surface area contributed by atoms with Gasteiger partial charge in [0, 0.05) is 32.1 Å². The van der Waals surface area contributed by atoms with E-state index in [4.69, 9.17) is 0 Å². The van der Waals surface area contributed by atoms with Gasteiger partial charge in [-0.25, -0.2) is 0 Å². The summed E-state index contributed by atoms with van der Waals surface area (Å²) in [6.07, 6.45) is 2.69. The van der Waals surface area contributed by atoms with Crippen LogP contribution in [-0.2, 0) is 4.79 Å². The van der Waals surface area contributed by atoms with Gasteiger partial charge in [-0.2, -0.15) is 0 Å². The van der Waals surface area contributed by atoms with Crippen LogP contribution in [0.3, 0.4) is 0 Å². The molecule has 2 atom stereocenters. The van der Waals surface area contributed by atoms with E-state index in [9.17, 15) is 4.79 Å². The second-order valence-corrected chi connectivity index (χ2v) is 7.40. The summed E-state index contributed by atoms with van der Waals surface area (Å²) in [5.41, 5.74) is 1.61. The lowest BCUT2D eigenvalue weighted by Gasteiger charge is -2.35. The third-order valence-electron chi connectivity index (χ3n) is 4.08. The first-order chi connectivity index (χ1) is 9.85. The summed E-state index contributed by atoms with van der Waals surface area (Å²) in [4.78, 5) is 13.5. The first-order valence-electron chi connectivity index (χ1n) is 7.90. The second-order valence-electron chi connectivity index (χ2n) is 7.40. The highest BCUT2D eigenvalue weighted by molar-refractivity contribution is 5.76. The van der Waals surface area contributed by atoms with Crippen LogP contribution in [-0.4, -0.2) is 30.4 Å². The molecule has 1 aliphatic rings. The molecule has 1 amide bonds. The lowest BCUT2D eigenvalue weighted by atomic mass is 9.85. The topological polar surface area (TPSA) is 32.3 Å². The largest absolute Gasteiger partial charge is 0.344 e. The van der Waals surface area contributed by atoms with E-state index in [1.807, 2.05) is 11.9 Å². The summed E-state index contributed by atoms with van der Waals surface area (Å²) in [5.74, 6) is 0.264. The molecule has 2 rings (SSSR count). The number of rotatable bonds is 4. The molecule has 1 N–H and O–H groups in total. The fraction of sp³-hybridized carbons (Fsp3) is 0.611. The minimum Gasteiger partial charge on any atom is -0.344 e. The number of benzene rings is 1. The maximum Gasteiger partial charge on any atom is 0.222 e. The molecule has 3 heteroatoms. The van der Waals surface area contributed by atoms with Crippen molar-refractivity contribution in [3.8, 4) is 0 Å². The average Bonchev–Trinajstić information content (AvgIpc) is 2.42. The molecule has 1 aliphatic heterocycles. The van der Waals surface area contributed by atoms with Gasteiger partial charge < -0.3 is 10.2 Å². The second kappa shape index (κ2) is 6.61. The Morgan fingerprint density at radius 1 is 1.29 bits per heavy atom. The number of amides is 1. The summed E-state index contributed by atoms with van der Waals surface area (Å²) < 4.78 is 0. The third-order valence-corrected chi connectivity index (χ3v) is 4.08. The van der Waals surface area contributed by atoms with Gasteiger partial charge in [-0.1, -0.05) is 51.1 Å². The van der Waals surface area contributed by atoms with Crippen LogP contribution < -0.4 is 5.32 Å². The van der Waals surface area contributed by atoms with Crippen LogP contribution in [0.5, 0.6) is 0 Å². The number of carbonyl (C=O) groups is 1. The normalized spacial score (nSPS) is 21.4. The van der Waals surface area contributed by atoms with E-state index < -0.39 is 0 Å². The van der Waals surface area contributed by atoms with Crippen molar-refractivity contribution in [1.29, 1.82) is 0 Å². The van der Waals surface area contributed by atoms with Crippen molar-refractivity contribution in [1.82, 2.24) is 10.2 Å². The highest BCUT2D eigenvalue weighted by atomic mass is 16.2. The van der Waals surface area contributed by atoms with E-state index in [-0.39, 0.29) is 11.3 Å². The van der Waals surface area contributed by atoms with Crippen LogP contribution in [0.15, 0.2) is 30.3 Å². The van der Waals surface area contributed by atoms with Gasteiger partial charge in [0.2, 0.25) is 5.91 Å². The van der Waals surface area contributed by atoms with Gasteiger partial charge in [0.25, 0.3) is 0 Å². The number of likely N-dealkylation sites (tertiary alicyclic amines) is 1. The molecule has 1 aromatic carbocycles. The van der Waals surface area contributed by atoms with E-state index in [0.717, 1.165) is 19.4 Å². The molecule has 116 valence electrons. The third kappa shape index (κ3) is 4.85. The van der Waals surface area contributed by atoms with Gasteiger partial charge in [0.15, 0.2) is 0 Å². The van der Waals surface area contributed by atoms with Crippen molar-refractivity contribution >= 4 is 5.91 Å². The Morgan fingerprint density at radius 2 is 1.95 bits per heavy atom. The summed E-state index contributed by atoms with van der Waals surface area (Å²) >= 11 is 0. The first-order valence-corrected chi connectivity index (χ1v) is 7.90. The molecule has 0 bridgehead atoms. The number of piperidine rings is 1. The standard InChI is InChI=1S/C18H28N2O/c1-18(2,3)12-16(14-8-6-5-7-9-14)19-15-10-11-17(21)20(4)13-15/h5-9,15-16,19H,10-13H2,1-4H3. The lowest BCUT2D eigenvalue weighted by Crippen LogP contribution is -2.48. The van der Waals surface area contributed by atoms with Crippen LogP contribution in [0.1, 0.15) is 51.6 Å². The molecule has 0 radical (unpaired) electrons. The van der Waals surface area contributed by atoms with Gasteiger partial charge in [0.1, 0.15) is 0 Å². The molecule has 0 aliphatic carbocycles. The quantitative estimate of drug-likeness (QED) is 0.921. The summed E-state index contributed by atoms with van der Waals surface area (Å²) in [7, 11) is 1.90. The van der Waals surface area contributed by atoms with Gasteiger partial charge in [-0.15, -0.1) is 0 Å². The fourth-order valence-electron chi connectivity index (χ4n) is 3.00. The van der Waals surface area contributed by atoms with Crippen molar-refractivity contribution in [2.45, 2.75) is 52.1 Å². The first kappa shape index (κ1) is 16.0. The highest BCUT2D eigenvalue weighted by Crippen LogP contribution is 2.30. The maximum absolute atomic E-state index is 11.6. The Labute approximate surface area is 128 Å². The molecule has 2 unspecified atom stereocenters. The predicted molar refractivity (Wildman–Crippen MR) is 87.0 cm³/mol. The number of likely N-dealkylation sites (N-methyl/N-ethyl adjacent to an activating group) is 1. The zero-order valence-electron chi connectivity index (χ0n) is 13.7. The Morgan fingerprint density at radius 3 is 2.52 bits per heavy atom. The monoisotopic (exact) mass is 288 g/mol. The van der Waals surface area contributed by atoms with Crippen LogP contribution in [0.2, 0.25) is 0 Å². The van der Waals surface area contributed by atoms with E-state index in [1.165, 1.54) is 5.56 Å². The molecule has 21 heavy (non-hydrogen) atoms. The summed E-state index contributed by atoms with van der Waals surface area (Å²) in [6.45, 7) is 7.65. The Hall–Kier alpha value is -1.35. The molecule has 1 saturated heterocycles. The molecule has 1 aromatic rings.